The number of amides is 2. The number of Topliss-reactive ketones (excluding diaryl/α,β-unsaturated/α-hetero) is 1. The standard InChI is InChI=1S/C25H28BrN5O3/c1-13-14(2)27-8-7-17-18(15(3)32)11-30(24(13)17)12-23(33)31-19-9-16(19)10-20(31)25(34)29-22-6-4-5-21(26)28-22/h4-6,8,11,13-14,16,19-20H,7,9-10,12H2,1-3H3,(H,28,29,34). The maximum atomic E-state index is 13.6. The second-order valence-corrected chi connectivity index (χ2v) is 10.4. The lowest BCUT2D eigenvalue weighted by molar-refractivity contribution is -0.138. The first kappa shape index (κ1) is 23.0. The molecule has 2 aromatic rings. The molecular formula is C25H28BrN5O3. The molecule has 5 rings (SSSR count). The molecule has 5 unspecified atom stereocenters. The van der Waals surface area contributed by atoms with Crippen LogP contribution in [-0.2, 0) is 22.6 Å². The van der Waals surface area contributed by atoms with E-state index in [1.54, 1.807) is 30.0 Å². The number of fused-ring (bicyclic) bond motifs is 2. The zero-order valence-corrected chi connectivity index (χ0v) is 21.1. The summed E-state index contributed by atoms with van der Waals surface area (Å²) in [6, 6.07) is 4.97. The van der Waals surface area contributed by atoms with Crippen molar-refractivity contribution in [2.24, 2.45) is 10.9 Å². The monoisotopic (exact) mass is 525 g/mol. The van der Waals surface area contributed by atoms with Crippen molar-refractivity contribution in [2.45, 2.75) is 70.6 Å². The van der Waals surface area contributed by atoms with E-state index < -0.39 is 6.04 Å². The highest BCUT2D eigenvalue weighted by Gasteiger charge is 2.56. The number of hydrogen-bond donors (Lipinski definition) is 1. The van der Waals surface area contributed by atoms with Crippen LogP contribution >= 0.6 is 15.9 Å². The fraction of sp³-hybridized carbons (Fsp3) is 0.480. The molecule has 2 aliphatic heterocycles. The van der Waals surface area contributed by atoms with Crippen LogP contribution in [0, 0.1) is 5.92 Å². The number of anilines is 1. The summed E-state index contributed by atoms with van der Waals surface area (Å²) in [6.45, 7) is 5.80. The lowest BCUT2D eigenvalue weighted by Gasteiger charge is -2.28. The molecule has 1 aliphatic carbocycles. The Hall–Kier alpha value is -2.81. The Bertz CT molecular complexity index is 1210. The molecule has 178 valence electrons. The number of carbonyl (C=O) groups excluding carboxylic acids is 3. The van der Waals surface area contributed by atoms with Crippen LogP contribution in [0.3, 0.4) is 0 Å². The number of aromatic nitrogens is 2. The Morgan fingerprint density at radius 1 is 1.21 bits per heavy atom. The van der Waals surface area contributed by atoms with Crippen molar-refractivity contribution in [3.8, 4) is 0 Å². The van der Waals surface area contributed by atoms with Crippen molar-refractivity contribution in [3.63, 3.8) is 0 Å². The quantitative estimate of drug-likeness (QED) is 0.476. The summed E-state index contributed by atoms with van der Waals surface area (Å²) in [5.74, 6) is 0.583. The van der Waals surface area contributed by atoms with Gasteiger partial charge in [0.2, 0.25) is 11.8 Å². The maximum absolute atomic E-state index is 13.6. The average molecular weight is 526 g/mol. The lowest BCUT2D eigenvalue weighted by atomic mass is 9.95. The first-order valence-electron chi connectivity index (χ1n) is 11.7. The number of pyridine rings is 1. The minimum Gasteiger partial charge on any atom is -0.341 e. The minimum absolute atomic E-state index is 0.0141. The van der Waals surface area contributed by atoms with E-state index in [4.69, 9.17) is 0 Å². The zero-order valence-electron chi connectivity index (χ0n) is 19.5. The van der Waals surface area contributed by atoms with Crippen LogP contribution in [0.5, 0.6) is 0 Å². The summed E-state index contributed by atoms with van der Waals surface area (Å²) in [5, 5.41) is 2.86. The van der Waals surface area contributed by atoms with Crippen LogP contribution < -0.4 is 5.32 Å². The second kappa shape index (κ2) is 8.76. The number of piperidine rings is 1. The molecule has 4 heterocycles. The first-order valence-corrected chi connectivity index (χ1v) is 12.5. The third-order valence-electron chi connectivity index (χ3n) is 7.37. The van der Waals surface area contributed by atoms with Gasteiger partial charge in [0.25, 0.3) is 0 Å². The van der Waals surface area contributed by atoms with Crippen LogP contribution in [0.1, 0.15) is 61.1 Å². The van der Waals surface area contributed by atoms with Crippen LogP contribution in [0.2, 0.25) is 0 Å². The highest BCUT2D eigenvalue weighted by Crippen LogP contribution is 2.48. The molecule has 2 amide bonds. The van der Waals surface area contributed by atoms with E-state index in [1.165, 1.54) is 0 Å². The van der Waals surface area contributed by atoms with E-state index >= 15 is 0 Å². The molecule has 1 saturated heterocycles. The van der Waals surface area contributed by atoms with Gasteiger partial charge in [-0.2, -0.15) is 0 Å². The van der Waals surface area contributed by atoms with E-state index in [0.717, 1.165) is 17.7 Å². The van der Waals surface area contributed by atoms with Gasteiger partial charge in [0.15, 0.2) is 5.78 Å². The summed E-state index contributed by atoms with van der Waals surface area (Å²) in [4.78, 5) is 49.7. The van der Waals surface area contributed by atoms with Crippen molar-refractivity contribution < 1.29 is 14.4 Å². The average Bonchev–Trinajstić information content (AvgIpc) is 3.33. The molecule has 1 N–H and O–H groups in total. The second-order valence-electron chi connectivity index (χ2n) is 9.61. The van der Waals surface area contributed by atoms with Gasteiger partial charge in [-0.05, 0) is 66.2 Å². The highest BCUT2D eigenvalue weighted by molar-refractivity contribution is 9.10. The molecule has 8 nitrogen and oxygen atoms in total. The van der Waals surface area contributed by atoms with Crippen LogP contribution in [-0.4, -0.2) is 56.4 Å². The van der Waals surface area contributed by atoms with Crippen molar-refractivity contribution in [3.05, 3.63) is 45.8 Å². The SMILES string of the molecule is CC(=O)c1cn(CC(=O)N2C(C(=O)Nc3cccc(Br)n3)CC3CC32)c2c1CC=NC(C)C2C. The number of rotatable bonds is 5. The van der Waals surface area contributed by atoms with Gasteiger partial charge in [0.05, 0.1) is 6.04 Å². The molecular weight excluding hydrogens is 498 g/mol. The number of aliphatic imine (C=N–C) groups is 1. The number of ketones is 1. The lowest BCUT2D eigenvalue weighted by Crippen LogP contribution is -2.46. The Morgan fingerprint density at radius 3 is 2.74 bits per heavy atom. The van der Waals surface area contributed by atoms with E-state index in [0.29, 0.717) is 34.7 Å². The molecule has 34 heavy (non-hydrogen) atoms. The highest BCUT2D eigenvalue weighted by atomic mass is 79.9. The van der Waals surface area contributed by atoms with Gasteiger partial charge in [-0.1, -0.05) is 13.0 Å². The number of nitrogens with one attached hydrogen (secondary N) is 1. The molecule has 0 aromatic carbocycles. The van der Waals surface area contributed by atoms with E-state index in [1.807, 2.05) is 17.0 Å². The van der Waals surface area contributed by atoms with Gasteiger partial charge >= 0.3 is 0 Å². The van der Waals surface area contributed by atoms with E-state index in [9.17, 15) is 14.4 Å². The predicted octanol–water partition coefficient (Wildman–Crippen LogP) is 3.60. The van der Waals surface area contributed by atoms with Crippen molar-refractivity contribution >= 4 is 45.6 Å². The van der Waals surface area contributed by atoms with Gasteiger partial charge in [0, 0.05) is 42.0 Å². The molecule has 2 fully saturated rings. The smallest absolute Gasteiger partial charge is 0.248 e. The minimum atomic E-state index is -0.516. The largest absolute Gasteiger partial charge is 0.341 e. The fourth-order valence-electron chi connectivity index (χ4n) is 5.43. The number of nitrogens with zero attached hydrogens (tertiary/aromatic N) is 4. The van der Waals surface area contributed by atoms with Crippen LogP contribution in [0.25, 0.3) is 0 Å². The summed E-state index contributed by atoms with van der Waals surface area (Å²) in [6.07, 6.45) is 5.87. The maximum Gasteiger partial charge on any atom is 0.248 e. The Balaban J connectivity index is 1.39. The molecule has 0 bridgehead atoms. The zero-order chi connectivity index (χ0) is 24.1. The van der Waals surface area contributed by atoms with Crippen molar-refractivity contribution in [2.75, 3.05) is 5.32 Å². The molecule has 1 saturated carbocycles. The number of halogens is 1. The third-order valence-corrected chi connectivity index (χ3v) is 7.81. The number of hydrogen-bond acceptors (Lipinski definition) is 5. The van der Waals surface area contributed by atoms with E-state index in [-0.39, 0.29) is 42.1 Å². The van der Waals surface area contributed by atoms with Gasteiger partial charge in [-0.15, -0.1) is 0 Å². The van der Waals surface area contributed by atoms with E-state index in [2.05, 4.69) is 45.1 Å². The first-order chi connectivity index (χ1) is 16.2. The van der Waals surface area contributed by atoms with Gasteiger partial charge < -0.3 is 14.8 Å². The predicted molar refractivity (Wildman–Crippen MR) is 132 cm³/mol. The Labute approximate surface area is 207 Å². The molecule has 0 radical (unpaired) electrons. The number of carbonyl (C=O) groups is 3. The summed E-state index contributed by atoms with van der Waals surface area (Å²) < 4.78 is 2.56. The molecule has 0 spiro atoms. The van der Waals surface area contributed by atoms with Crippen molar-refractivity contribution in [1.29, 1.82) is 0 Å². The van der Waals surface area contributed by atoms with Gasteiger partial charge in [0.1, 0.15) is 23.0 Å². The molecule has 9 heteroatoms. The normalized spacial score (nSPS) is 27.1. The van der Waals surface area contributed by atoms with Crippen molar-refractivity contribution in [1.82, 2.24) is 14.5 Å². The van der Waals surface area contributed by atoms with Gasteiger partial charge in [-0.3, -0.25) is 19.4 Å². The Kier molecular flexibility index (Phi) is 5.91. The summed E-state index contributed by atoms with van der Waals surface area (Å²) >= 11 is 3.32. The van der Waals surface area contributed by atoms with Crippen LogP contribution in [0.4, 0.5) is 5.82 Å². The van der Waals surface area contributed by atoms with Gasteiger partial charge in [-0.25, -0.2) is 4.98 Å². The third kappa shape index (κ3) is 4.10. The molecule has 3 aliphatic rings. The fourth-order valence-corrected chi connectivity index (χ4v) is 5.78. The summed E-state index contributed by atoms with van der Waals surface area (Å²) in [5.41, 5.74) is 2.60. The summed E-state index contributed by atoms with van der Waals surface area (Å²) in [7, 11) is 0. The topological polar surface area (TPSA) is 96.7 Å². The number of likely N-dealkylation sites (tertiary alicyclic amines) is 1. The van der Waals surface area contributed by atoms with Crippen LogP contribution in [0.15, 0.2) is 34.0 Å². The molecule has 5 atom stereocenters. The Morgan fingerprint density at radius 2 is 2.00 bits per heavy atom. The molecule has 2 aromatic heterocycles.